The van der Waals surface area contributed by atoms with Crippen molar-refractivity contribution in [3.8, 4) is 0 Å². The van der Waals surface area contributed by atoms with E-state index < -0.39 is 6.10 Å². The van der Waals surface area contributed by atoms with Gasteiger partial charge in [-0.1, -0.05) is 53.5 Å². The average molecular weight is 295 g/mol. The van der Waals surface area contributed by atoms with Crippen LogP contribution < -0.4 is 0 Å². The van der Waals surface area contributed by atoms with Gasteiger partial charge in [0, 0.05) is 10.0 Å². The quantitative estimate of drug-likeness (QED) is 0.859. The Labute approximate surface area is 123 Å². The SMILES string of the molecule is OC(CCc1ccccc1)Cc1cc(Cl)ccc1Cl. The average Bonchev–Trinajstić information content (AvgIpc) is 2.42. The molecular formula is C16H16Cl2O. The molecule has 0 aliphatic rings. The molecule has 0 saturated carbocycles. The van der Waals surface area contributed by atoms with Crippen molar-refractivity contribution in [2.45, 2.75) is 25.4 Å². The largest absolute Gasteiger partial charge is 0.393 e. The minimum atomic E-state index is -0.406. The maximum absolute atomic E-state index is 10.1. The van der Waals surface area contributed by atoms with Crippen LogP contribution in [0.1, 0.15) is 17.5 Å². The minimum absolute atomic E-state index is 0.406. The fourth-order valence-electron chi connectivity index (χ4n) is 2.03. The van der Waals surface area contributed by atoms with Gasteiger partial charge < -0.3 is 5.11 Å². The van der Waals surface area contributed by atoms with Gasteiger partial charge in [0.1, 0.15) is 0 Å². The molecule has 0 aliphatic heterocycles. The Balaban J connectivity index is 1.90. The summed E-state index contributed by atoms with van der Waals surface area (Å²) in [7, 11) is 0. The number of aliphatic hydroxyl groups is 1. The maximum atomic E-state index is 10.1. The summed E-state index contributed by atoms with van der Waals surface area (Å²) in [6.07, 6.45) is 1.70. The number of aliphatic hydroxyl groups excluding tert-OH is 1. The second kappa shape index (κ2) is 6.95. The van der Waals surface area contributed by atoms with E-state index in [4.69, 9.17) is 23.2 Å². The summed E-state index contributed by atoms with van der Waals surface area (Å²) in [5.74, 6) is 0. The van der Waals surface area contributed by atoms with Crippen molar-refractivity contribution in [1.82, 2.24) is 0 Å². The van der Waals surface area contributed by atoms with Crippen LogP contribution in [0.5, 0.6) is 0 Å². The zero-order valence-corrected chi connectivity index (χ0v) is 12.0. The van der Waals surface area contributed by atoms with Crippen LogP contribution in [0, 0.1) is 0 Å². The molecule has 0 aliphatic carbocycles. The summed E-state index contributed by atoms with van der Waals surface area (Å²) < 4.78 is 0. The van der Waals surface area contributed by atoms with E-state index in [1.807, 2.05) is 24.3 Å². The van der Waals surface area contributed by atoms with E-state index in [2.05, 4.69) is 12.1 Å². The molecule has 0 bridgehead atoms. The molecule has 0 aromatic heterocycles. The Hall–Kier alpha value is -1.02. The van der Waals surface area contributed by atoms with E-state index in [9.17, 15) is 5.11 Å². The zero-order valence-electron chi connectivity index (χ0n) is 10.5. The van der Waals surface area contributed by atoms with Crippen molar-refractivity contribution in [3.63, 3.8) is 0 Å². The monoisotopic (exact) mass is 294 g/mol. The second-order valence-corrected chi connectivity index (χ2v) is 5.46. The molecule has 1 atom stereocenters. The van der Waals surface area contributed by atoms with Gasteiger partial charge in [0.2, 0.25) is 0 Å². The summed E-state index contributed by atoms with van der Waals surface area (Å²) in [4.78, 5) is 0. The Morgan fingerprint density at radius 2 is 1.74 bits per heavy atom. The van der Waals surface area contributed by atoms with E-state index in [1.165, 1.54) is 5.56 Å². The molecule has 100 valence electrons. The van der Waals surface area contributed by atoms with Crippen molar-refractivity contribution >= 4 is 23.2 Å². The second-order valence-electron chi connectivity index (χ2n) is 4.62. The van der Waals surface area contributed by atoms with Gasteiger partial charge in [-0.2, -0.15) is 0 Å². The van der Waals surface area contributed by atoms with Crippen LogP contribution in [0.3, 0.4) is 0 Å². The van der Waals surface area contributed by atoms with E-state index >= 15 is 0 Å². The topological polar surface area (TPSA) is 20.2 Å². The van der Waals surface area contributed by atoms with Gasteiger partial charge in [0.05, 0.1) is 6.10 Å². The molecule has 2 aromatic rings. The van der Waals surface area contributed by atoms with Gasteiger partial charge in [-0.3, -0.25) is 0 Å². The molecule has 0 radical (unpaired) electrons. The van der Waals surface area contributed by atoms with Crippen LogP contribution >= 0.6 is 23.2 Å². The molecule has 1 N–H and O–H groups in total. The van der Waals surface area contributed by atoms with Crippen LogP contribution in [0.25, 0.3) is 0 Å². The Morgan fingerprint density at radius 1 is 1.00 bits per heavy atom. The normalized spacial score (nSPS) is 12.4. The predicted molar refractivity (Wildman–Crippen MR) is 80.9 cm³/mol. The third kappa shape index (κ3) is 4.54. The number of halogens is 2. The number of rotatable bonds is 5. The molecule has 0 amide bonds. The van der Waals surface area contributed by atoms with Crippen molar-refractivity contribution < 1.29 is 5.11 Å². The molecule has 0 saturated heterocycles. The standard InChI is InChI=1S/C16H16Cl2O/c17-14-7-9-16(18)13(10-14)11-15(19)8-6-12-4-2-1-3-5-12/h1-5,7,9-10,15,19H,6,8,11H2. The first kappa shape index (κ1) is 14.4. The first-order valence-corrected chi connectivity index (χ1v) is 7.06. The summed E-state index contributed by atoms with van der Waals surface area (Å²) >= 11 is 12.0. The minimum Gasteiger partial charge on any atom is -0.393 e. The van der Waals surface area contributed by atoms with Crippen LogP contribution in [0.4, 0.5) is 0 Å². The molecule has 0 fully saturated rings. The highest BCUT2D eigenvalue weighted by atomic mass is 35.5. The van der Waals surface area contributed by atoms with Crippen molar-refractivity contribution in [3.05, 3.63) is 69.7 Å². The van der Waals surface area contributed by atoms with Crippen LogP contribution in [-0.4, -0.2) is 11.2 Å². The molecule has 1 unspecified atom stereocenters. The first-order valence-electron chi connectivity index (χ1n) is 6.31. The van der Waals surface area contributed by atoms with Gasteiger partial charge in [-0.05, 0) is 48.6 Å². The molecule has 1 nitrogen and oxygen atoms in total. The molecule has 2 aromatic carbocycles. The smallest absolute Gasteiger partial charge is 0.0584 e. The predicted octanol–water partition coefficient (Wildman–Crippen LogP) is 4.53. The molecule has 0 spiro atoms. The highest BCUT2D eigenvalue weighted by molar-refractivity contribution is 6.33. The van der Waals surface area contributed by atoms with Gasteiger partial charge >= 0.3 is 0 Å². The number of aryl methyl sites for hydroxylation is 1. The lowest BCUT2D eigenvalue weighted by atomic mass is 10.0. The highest BCUT2D eigenvalue weighted by Crippen LogP contribution is 2.22. The number of benzene rings is 2. The molecule has 2 rings (SSSR count). The number of hydrogen-bond acceptors (Lipinski definition) is 1. The van der Waals surface area contributed by atoms with E-state index in [-0.39, 0.29) is 0 Å². The van der Waals surface area contributed by atoms with Crippen molar-refractivity contribution in [1.29, 1.82) is 0 Å². The molecule has 0 heterocycles. The first-order chi connectivity index (χ1) is 9.15. The fourth-order valence-corrected chi connectivity index (χ4v) is 2.42. The molecular weight excluding hydrogens is 279 g/mol. The summed E-state index contributed by atoms with van der Waals surface area (Å²) in [5.41, 5.74) is 2.13. The van der Waals surface area contributed by atoms with Gasteiger partial charge in [0.25, 0.3) is 0 Å². The third-order valence-electron chi connectivity index (χ3n) is 3.07. The van der Waals surface area contributed by atoms with Crippen LogP contribution in [0.2, 0.25) is 10.0 Å². The lowest BCUT2D eigenvalue weighted by molar-refractivity contribution is 0.165. The van der Waals surface area contributed by atoms with Crippen LogP contribution in [0.15, 0.2) is 48.5 Å². The van der Waals surface area contributed by atoms with Gasteiger partial charge in [-0.15, -0.1) is 0 Å². The summed E-state index contributed by atoms with van der Waals surface area (Å²) in [6.45, 7) is 0. The van der Waals surface area contributed by atoms with E-state index in [0.29, 0.717) is 22.9 Å². The fraction of sp³-hybridized carbons (Fsp3) is 0.250. The Morgan fingerprint density at radius 3 is 2.47 bits per heavy atom. The lowest BCUT2D eigenvalue weighted by Crippen LogP contribution is -2.12. The van der Waals surface area contributed by atoms with Crippen LogP contribution in [-0.2, 0) is 12.8 Å². The third-order valence-corrected chi connectivity index (χ3v) is 3.68. The lowest BCUT2D eigenvalue weighted by Gasteiger charge is -2.12. The molecule has 19 heavy (non-hydrogen) atoms. The Bertz CT molecular complexity index is 526. The maximum Gasteiger partial charge on any atom is 0.0584 e. The van der Waals surface area contributed by atoms with E-state index in [1.54, 1.807) is 12.1 Å². The van der Waals surface area contributed by atoms with Crippen molar-refractivity contribution in [2.24, 2.45) is 0 Å². The van der Waals surface area contributed by atoms with Gasteiger partial charge in [-0.25, -0.2) is 0 Å². The summed E-state index contributed by atoms with van der Waals surface area (Å²) in [5, 5.41) is 11.4. The Kier molecular flexibility index (Phi) is 5.26. The number of hydrogen-bond donors (Lipinski definition) is 1. The van der Waals surface area contributed by atoms with Gasteiger partial charge in [0.15, 0.2) is 0 Å². The highest BCUT2D eigenvalue weighted by Gasteiger charge is 2.09. The van der Waals surface area contributed by atoms with E-state index in [0.717, 1.165) is 12.0 Å². The summed E-state index contributed by atoms with van der Waals surface area (Å²) in [6, 6.07) is 15.5. The zero-order chi connectivity index (χ0) is 13.7. The molecule has 3 heteroatoms. The van der Waals surface area contributed by atoms with Crippen molar-refractivity contribution in [2.75, 3.05) is 0 Å².